The average Bonchev–Trinajstić information content (AvgIpc) is 2.73. The molecule has 0 atom stereocenters. The third-order valence-corrected chi connectivity index (χ3v) is 5.46. The Morgan fingerprint density at radius 2 is 1.57 bits per heavy atom. The second-order valence-electron chi connectivity index (χ2n) is 7.44. The van der Waals surface area contributed by atoms with E-state index in [0.29, 0.717) is 17.6 Å². The molecular formula is C24H28F2O2. The van der Waals surface area contributed by atoms with E-state index in [1.807, 2.05) is 25.1 Å². The second-order valence-corrected chi connectivity index (χ2v) is 7.44. The zero-order valence-electron chi connectivity index (χ0n) is 16.4. The lowest BCUT2D eigenvalue weighted by Gasteiger charge is -2.27. The van der Waals surface area contributed by atoms with Gasteiger partial charge in [-0.1, -0.05) is 37.3 Å². The standard InChI is InChI=1S/C24H28F2O2/c1-3-18-5-9-20(10-6-18)21-11-15-22(16-12-21)27-17-24(25,26)28-23-13-7-19(4-2)8-14-23/h3,7-8,11-16,18,20H,1,4-6,9-10,17H2,2H3. The van der Waals surface area contributed by atoms with Gasteiger partial charge in [-0.3, -0.25) is 0 Å². The van der Waals surface area contributed by atoms with Gasteiger partial charge in [-0.05, 0) is 79.3 Å². The molecular weight excluding hydrogens is 358 g/mol. The van der Waals surface area contributed by atoms with E-state index in [0.717, 1.165) is 37.7 Å². The maximum atomic E-state index is 14.1. The van der Waals surface area contributed by atoms with Gasteiger partial charge in [-0.15, -0.1) is 6.58 Å². The number of benzene rings is 2. The lowest BCUT2D eigenvalue weighted by Crippen LogP contribution is -2.32. The first-order valence-corrected chi connectivity index (χ1v) is 10.00. The van der Waals surface area contributed by atoms with Gasteiger partial charge < -0.3 is 9.47 Å². The third kappa shape index (κ3) is 5.57. The largest absolute Gasteiger partial charge is 0.483 e. The van der Waals surface area contributed by atoms with Crippen molar-refractivity contribution in [1.29, 1.82) is 0 Å². The SMILES string of the molecule is C=CC1CCC(c2ccc(OCC(F)(F)Oc3ccc(CC)cc3)cc2)CC1. The molecule has 0 radical (unpaired) electrons. The number of ether oxygens (including phenoxy) is 2. The van der Waals surface area contributed by atoms with Crippen molar-refractivity contribution in [1.82, 2.24) is 0 Å². The minimum Gasteiger partial charge on any atom is -0.483 e. The van der Waals surface area contributed by atoms with Crippen molar-refractivity contribution in [3.63, 3.8) is 0 Å². The summed E-state index contributed by atoms with van der Waals surface area (Å²) < 4.78 is 38.2. The predicted molar refractivity (Wildman–Crippen MR) is 108 cm³/mol. The monoisotopic (exact) mass is 386 g/mol. The van der Waals surface area contributed by atoms with Gasteiger partial charge in [0.1, 0.15) is 11.5 Å². The van der Waals surface area contributed by atoms with Gasteiger partial charge in [0, 0.05) is 0 Å². The molecule has 4 heteroatoms. The minimum absolute atomic E-state index is 0.135. The van der Waals surface area contributed by atoms with Crippen LogP contribution in [0, 0.1) is 5.92 Å². The average molecular weight is 386 g/mol. The molecule has 150 valence electrons. The predicted octanol–water partition coefficient (Wildman–Crippen LogP) is 6.76. The Bertz CT molecular complexity index is 745. The summed E-state index contributed by atoms with van der Waals surface area (Å²) >= 11 is 0. The van der Waals surface area contributed by atoms with E-state index >= 15 is 0 Å². The minimum atomic E-state index is -3.39. The Labute approximate surface area is 166 Å². The van der Waals surface area contributed by atoms with Gasteiger partial charge in [0.15, 0.2) is 6.61 Å². The maximum Gasteiger partial charge on any atom is 0.432 e. The highest BCUT2D eigenvalue weighted by Crippen LogP contribution is 2.36. The molecule has 1 aliphatic carbocycles. The molecule has 0 aliphatic heterocycles. The molecule has 0 heterocycles. The van der Waals surface area contributed by atoms with E-state index in [2.05, 4.69) is 6.58 Å². The number of rotatable bonds is 8. The van der Waals surface area contributed by atoms with Gasteiger partial charge in [-0.25, -0.2) is 0 Å². The molecule has 0 spiro atoms. The number of allylic oxidation sites excluding steroid dienone is 1. The number of aryl methyl sites for hydroxylation is 1. The first kappa shape index (κ1) is 20.4. The summed E-state index contributed by atoms with van der Waals surface area (Å²) in [7, 11) is 0. The molecule has 0 unspecified atom stereocenters. The second kappa shape index (κ2) is 9.22. The lowest BCUT2D eigenvalue weighted by atomic mass is 9.79. The van der Waals surface area contributed by atoms with E-state index in [4.69, 9.17) is 9.47 Å². The van der Waals surface area contributed by atoms with Crippen molar-refractivity contribution in [2.24, 2.45) is 5.92 Å². The normalized spacial score (nSPS) is 19.8. The number of halogens is 2. The van der Waals surface area contributed by atoms with Gasteiger partial charge in [-0.2, -0.15) is 8.78 Å². The van der Waals surface area contributed by atoms with Crippen LogP contribution in [0.5, 0.6) is 11.5 Å². The molecule has 1 saturated carbocycles. The Morgan fingerprint density at radius 1 is 0.964 bits per heavy atom. The van der Waals surface area contributed by atoms with Gasteiger partial charge in [0.25, 0.3) is 0 Å². The molecule has 0 saturated heterocycles. The maximum absolute atomic E-state index is 14.1. The van der Waals surface area contributed by atoms with Crippen LogP contribution in [0.2, 0.25) is 0 Å². The van der Waals surface area contributed by atoms with Gasteiger partial charge in [0.05, 0.1) is 0 Å². The summed E-state index contributed by atoms with van der Waals surface area (Å²) in [5.74, 6) is 1.71. The third-order valence-electron chi connectivity index (χ3n) is 5.46. The summed E-state index contributed by atoms with van der Waals surface area (Å²) in [6.45, 7) is 5.06. The zero-order valence-corrected chi connectivity index (χ0v) is 16.4. The molecule has 2 aromatic rings. The lowest BCUT2D eigenvalue weighted by molar-refractivity contribution is -0.195. The van der Waals surface area contributed by atoms with Crippen molar-refractivity contribution in [3.05, 3.63) is 72.3 Å². The summed E-state index contributed by atoms with van der Waals surface area (Å²) in [4.78, 5) is 0. The fourth-order valence-corrected chi connectivity index (χ4v) is 3.69. The molecule has 0 amide bonds. The number of hydrogen-bond acceptors (Lipinski definition) is 2. The molecule has 28 heavy (non-hydrogen) atoms. The summed E-state index contributed by atoms with van der Waals surface area (Å²) in [5.41, 5.74) is 2.32. The first-order valence-electron chi connectivity index (χ1n) is 10.00. The summed E-state index contributed by atoms with van der Waals surface area (Å²) in [5, 5.41) is 0. The highest BCUT2D eigenvalue weighted by atomic mass is 19.3. The Balaban J connectivity index is 1.51. The fourth-order valence-electron chi connectivity index (χ4n) is 3.69. The van der Waals surface area contributed by atoms with Crippen molar-refractivity contribution in [3.8, 4) is 11.5 Å². The molecule has 2 nitrogen and oxygen atoms in total. The van der Waals surface area contributed by atoms with E-state index in [-0.39, 0.29) is 5.75 Å². The fraction of sp³-hybridized carbons (Fsp3) is 0.417. The van der Waals surface area contributed by atoms with Crippen LogP contribution in [-0.2, 0) is 6.42 Å². The summed E-state index contributed by atoms with van der Waals surface area (Å²) in [6, 6.07) is 14.2. The van der Waals surface area contributed by atoms with E-state index in [1.165, 1.54) is 5.56 Å². The van der Waals surface area contributed by atoms with E-state index < -0.39 is 12.7 Å². The Hall–Kier alpha value is -2.36. The molecule has 3 rings (SSSR count). The van der Waals surface area contributed by atoms with Gasteiger partial charge >= 0.3 is 6.11 Å². The van der Waals surface area contributed by atoms with E-state index in [1.54, 1.807) is 36.4 Å². The topological polar surface area (TPSA) is 18.5 Å². The smallest absolute Gasteiger partial charge is 0.432 e. The Kier molecular flexibility index (Phi) is 6.71. The number of alkyl halides is 2. The van der Waals surface area contributed by atoms with Crippen molar-refractivity contribution in [2.75, 3.05) is 6.61 Å². The van der Waals surface area contributed by atoms with Crippen LogP contribution in [0.15, 0.2) is 61.2 Å². The van der Waals surface area contributed by atoms with Crippen LogP contribution in [0.1, 0.15) is 49.7 Å². The zero-order chi connectivity index (χ0) is 20.0. The van der Waals surface area contributed by atoms with Crippen LogP contribution < -0.4 is 9.47 Å². The van der Waals surface area contributed by atoms with Crippen molar-refractivity contribution in [2.45, 2.75) is 51.1 Å². The molecule has 0 aromatic heterocycles. The van der Waals surface area contributed by atoms with Gasteiger partial charge in [0.2, 0.25) is 0 Å². The van der Waals surface area contributed by atoms with Crippen molar-refractivity contribution < 1.29 is 18.3 Å². The highest BCUT2D eigenvalue weighted by molar-refractivity contribution is 5.30. The molecule has 1 aliphatic rings. The van der Waals surface area contributed by atoms with Crippen LogP contribution >= 0.6 is 0 Å². The van der Waals surface area contributed by atoms with Crippen LogP contribution in [0.3, 0.4) is 0 Å². The first-order chi connectivity index (χ1) is 13.5. The number of hydrogen-bond donors (Lipinski definition) is 0. The molecule has 0 N–H and O–H groups in total. The Morgan fingerprint density at radius 3 is 2.14 bits per heavy atom. The molecule has 1 fully saturated rings. The quantitative estimate of drug-likeness (QED) is 0.467. The van der Waals surface area contributed by atoms with Crippen LogP contribution in [0.4, 0.5) is 8.78 Å². The van der Waals surface area contributed by atoms with E-state index in [9.17, 15) is 8.78 Å². The van der Waals surface area contributed by atoms with Crippen LogP contribution in [-0.4, -0.2) is 12.7 Å². The van der Waals surface area contributed by atoms with Crippen molar-refractivity contribution >= 4 is 0 Å². The molecule has 2 aromatic carbocycles. The van der Waals surface area contributed by atoms with Crippen LogP contribution in [0.25, 0.3) is 0 Å². The summed E-state index contributed by atoms with van der Waals surface area (Å²) in [6.07, 6.45) is 4.11. The molecule has 0 bridgehead atoms. The highest BCUT2D eigenvalue weighted by Gasteiger charge is 2.33.